The minimum atomic E-state index is -0.125. The molecule has 0 N–H and O–H groups in total. The van der Waals surface area contributed by atoms with E-state index in [0.717, 1.165) is 32.1 Å². The van der Waals surface area contributed by atoms with E-state index >= 15 is 0 Å². The van der Waals surface area contributed by atoms with Crippen molar-refractivity contribution in [1.82, 2.24) is 0 Å². The minimum Gasteiger partial charge on any atom is -0.468 e. The van der Waals surface area contributed by atoms with Gasteiger partial charge in [-0.05, 0) is 25.7 Å². The van der Waals surface area contributed by atoms with E-state index in [-0.39, 0.29) is 5.97 Å². The third-order valence-corrected chi connectivity index (χ3v) is 1.97. The zero-order valence-electron chi connectivity index (χ0n) is 9.37. The number of carbonyl (C=O) groups excluding carboxylic acids is 2. The topological polar surface area (TPSA) is 52.6 Å². The quantitative estimate of drug-likeness (QED) is 0.318. The minimum absolute atomic E-state index is 0.125. The molecule has 0 aromatic heterocycles. The molecule has 0 saturated carbocycles. The van der Waals surface area contributed by atoms with E-state index in [4.69, 9.17) is 4.74 Å². The number of ether oxygens (including phenoxy) is 2. The van der Waals surface area contributed by atoms with E-state index in [1.165, 1.54) is 0 Å². The van der Waals surface area contributed by atoms with Crippen molar-refractivity contribution in [3.8, 4) is 0 Å². The summed E-state index contributed by atoms with van der Waals surface area (Å²) in [4.78, 5) is 20.9. The van der Waals surface area contributed by atoms with Gasteiger partial charge in [0.1, 0.15) is 0 Å². The lowest BCUT2D eigenvalue weighted by Crippen LogP contribution is -2.05. The first kappa shape index (κ1) is 13.9. The van der Waals surface area contributed by atoms with E-state index in [2.05, 4.69) is 11.7 Å². The highest BCUT2D eigenvalue weighted by molar-refractivity contribution is 5.69. The number of hydrogen-bond acceptors (Lipinski definition) is 4. The molecule has 0 rings (SSSR count). The summed E-state index contributed by atoms with van der Waals surface area (Å²) >= 11 is 0. The van der Waals surface area contributed by atoms with Gasteiger partial charge < -0.3 is 9.47 Å². The first-order chi connectivity index (χ1) is 7.31. The van der Waals surface area contributed by atoms with Crippen LogP contribution in [0.5, 0.6) is 0 Å². The Bertz CT molecular complexity index is 168. The molecule has 0 amide bonds. The molecule has 0 aromatic rings. The van der Waals surface area contributed by atoms with Gasteiger partial charge in [0.15, 0.2) is 0 Å². The summed E-state index contributed by atoms with van der Waals surface area (Å²) in [7, 11) is 0. The molecular formula is C11H20O4. The van der Waals surface area contributed by atoms with Gasteiger partial charge in [0.05, 0.1) is 13.2 Å². The Hall–Kier alpha value is -1.06. The monoisotopic (exact) mass is 216 g/mol. The van der Waals surface area contributed by atoms with E-state index in [9.17, 15) is 9.59 Å². The summed E-state index contributed by atoms with van der Waals surface area (Å²) in [6.07, 6.45) is 4.92. The summed E-state index contributed by atoms with van der Waals surface area (Å²) < 4.78 is 9.51. The Balaban J connectivity index is 3.13. The Kier molecular flexibility index (Phi) is 10.2. The van der Waals surface area contributed by atoms with Gasteiger partial charge in [0.25, 0.3) is 6.47 Å². The average molecular weight is 216 g/mol. The molecule has 0 unspecified atom stereocenters. The lowest BCUT2D eigenvalue weighted by atomic mass is 10.2. The molecule has 4 heteroatoms. The number of esters is 1. The van der Waals surface area contributed by atoms with Crippen molar-refractivity contribution in [2.24, 2.45) is 0 Å². The molecule has 0 bridgehead atoms. The maximum atomic E-state index is 11.1. The van der Waals surface area contributed by atoms with E-state index in [1.54, 1.807) is 0 Å². The predicted molar refractivity (Wildman–Crippen MR) is 56.4 cm³/mol. The van der Waals surface area contributed by atoms with Gasteiger partial charge in [0.2, 0.25) is 0 Å². The van der Waals surface area contributed by atoms with Crippen LogP contribution in [0, 0.1) is 0 Å². The molecule has 4 nitrogen and oxygen atoms in total. The van der Waals surface area contributed by atoms with Crippen molar-refractivity contribution in [2.75, 3.05) is 13.2 Å². The highest BCUT2D eigenvalue weighted by Gasteiger charge is 2.01. The van der Waals surface area contributed by atoms with Crippen LogP contribution < -0.4 is 0 Å². The van der Waals surface area contributed by atoms with Crippen LogP contribution in [0.1, 0.15) is 45.4 Å². The second-order valence-corrected chi connectivity index (χ2v) is 3.35. The fourth-order valence-electron chi connectivity index (χ4n) is 1.08. The van der Waals surface area contributed by atoms with Crippen molar-refractivity contribution in [3.63, 3.8) is 0 Å². The first-order valence-corrected chi connectivity index (χ1v) is 5.52. The van der Waals surface area contributed by atoms with Crippen LogP contribution in [0.15, 0.2) is 0 Å². The van der Waals surface area contributed by atoms with Crippen LogP contribution >= 0.6 is 0 Å². The normalized spacial score (nSPS) is 9.67. The number of rotatable bonds is 10. The highest BCUT2D eigenvalue weighted by Crippen LogP contribution is 2.02. The van der Waals surface area contributed by atoms with Crippen molar-refractivity contribution in [2.45, 2.75) is 45.4 Å². The lowest BCUT2D eigenvalue weighted by Gasteiger charge is -2.03. The van der Waals surface area contributed by atoms with Gasteiger partial charge in [-0.1, -0.05) is 13.3 Å². The van der Waals surface area contributed by atoms with Gasteiger partial charge >= 0.3 is 5.97 Å². The molecule has 0 fully saturated rings. The summed E-state index contributed by atoms with van der Waals surface area (Å²) in [6, 6.07) is 0. The molecule has 0 aliphatic carbocycles. The van der Waals surface area contributed by atoms with Gasteiger partial charge in [-0.2, -0.15) is 0 Å². The molecule has 88 valence electrons. The van der Waals surface area contributed by atoms with Crippen LogP contribution in [-0.4, -0.2) is 25.7 Å². The van der Waals surface area contributed by atoms with Crippen LogP contribution in [-0.2, 0) is 19.1 Å². The summed E-state index contributed by atoms with van der Waals surface area (Å²) in [5, 5.41) is 0. The number of carbonyl (C=O) groups is 2. The SMILES string of the molecule is CCCCOC(=O)CCCCCOC=O. The average Bonchev–Trinajstić information content (AvgIpc) is 2.23. The summed E-state index contributed by atoms with van der Waals surface area (Å²) in [5.74, 6) is -0.125. The Labute approximate surface area is 90.9 Å². The second-order valence-electron chi connectivity index (χ2n) is 3.35. The van der Waals surface area contributed by atoms with E-state index in [0.29, 0.717) is 26.1 Å². The number of unbranched alkanes of at least 4 members (excludes halogenated alkanes) is 3. The molecular weight excluding hydrogens is 196 g/mol. The third-order valence-electron chi connectivity index (χ3n) is 1.97. The van der Waals surface area contributed by atoms with Crippen molar-refractivity contribution < 1.29 is 19.1 Å². The predicted octanol–water partition coefficient (Wildman–Crippen LogP) is 2.06. The Morgan fingerprint density at radius 1 is 1.13 bits per heavy atom. The molecule has 0 aliphatic heterocycles. The maximum Gasteiger partial charge on any atom is 0.305 e. The van der Waals surface area contributed by atoms with E-state index < -0.39 is 0 Å². The molecule has 0 heterocycles. The Morgan fingerprint density at radius 3 is 2.60 bits per heavy atom. The summed E-state index contributed by atoms with van der Waals surface area (Å²) in [6.45, 7) is 3.47. The largest absolute Gasteiger partial charge is 0.468 e. The van der Waals surface area contributed by atoms with Gasteiger partial charge in [-0.25, -0.2) is 0 Å². The molecule has 0 aromatic carbocycles. The lowest BCUT2D eigenvalue weighted by molar-refractivity contribution is -0.144. The van der Waals surface area contributed by atoms with Crippen LogP contribution in [0.3, 0.4) is 0 Å². The third kappa shape index (κ3) is 10.9. The maximum absolute atomic E-state index is 11.1. The zero-order chi connectivity index (χ0) is 11.4. The fourth-order valence-corrected chi connectivity index (χ4v) is 1.08. The van der Waals surface area contributed by atoms with E-state index in [1.807, 2.05) is 0 Å². The number of hydrogen-bond donors (Lipinski definition) is 0. The molecule has 0 spiro atoms. The highest BCUT2D eigenvalue weighted by atomic mass is 16.5. The van der Waals surface area contributed by atoms with Gasteiger partial charge in [-0.3, -0.25) is 9.59 Å². The molecule has 0 radical (unpaired) electrons. The Morgan fingerprint density at radius 2 is 1.93 bits per heavy atom. The van der Waals surface area contributed by atoms with Crippen molar-refractivity contribution >= 4 is 12.4 Å². The summed E-state index contributed by atoms with van der Waals surface area (Å²) in [5.41, 5.74) is 0. The zero-order valence-corrected chi connectivity index (χ0v) is 9.37. The standard InChI is InChI=1S/C11H20O4/c1-2-3-9-15-11(13)7-5-4-6-8-14-10-12/h10H,2-9H2,1H3. The van der Waals surface area contributed by atoms with Gasteiger partial charge in [0, 0.05) is 6.42 Å². The molecule has 0 atom stereocenters. The van der Waals surface area contributed by atoms with Crippen LogP contribution in [0.4, 0.5) is 0 Å². The smallest absolute Gasteiger partial charge is 0.305 e. The van der Waals surface area contributed by atoms with Crippen LogP contribution in [0.25, 0.3) is 0 Å². The fraction of sp³-hybridized carbons (Fsp3) is 0.818. The van der Waals surface area contributed by atoms with Crippen molar-refractivity contribution in [3.05, 3.63) is 0 Å². The van der Waals surface area contributed by atoms with Gasteiger partial charge in [-0.15, -0.1) is 0 Å². The molecule has 0 saturated heterocycles. The second kappa shape index (κ2) is 11.0. The first-order valence-electron chi connectivity index (χ1n) is 5.52. The molecule has 15 heavy (non-hydrogen) atoms. The van der Waals surface area contributed by atoms with Crippen molar-refractivity contribution in [1.29, 1.82) is 0 Å². The van der Waals surface area contributed by atoms with Crippen LogP contribution in [0.2, 0.25) is 0 Å². The molecule has 0 aliphatic rings.